The maximum absolute atomic E-state index is 2.55. The van der Waals surface area contributed by atoms with Crippen LogP contribution >= 0.6 is 24.8 Å². The topological polar surface area (TPSA) is 6.48 Å². The van der Waals surface area contributed by atoms with Crippen molar-refractivity contribution in [2.24, 2.45) is 0 Å². The Bertz CT molecular complexity index is 608. The summed E-state index contributed by atoms with van der Waals surface area (Å²) in [6.07, 6.45) is 10.1. The van der Waals surface area contributed by atoms with Crippen LogP contribution in [-0.2, 0) is 0 Å². The summed E-state index contributed by atoms with van der Waals surface area (Å²) < 4.78 is 0. The third-order valence-electron chi connectivity index (χ3n) is 5.92. The minimum absolute atomic E-state index is 0. The van der Waals surface area contributed by atoms with Gasteiger partial charge in [-0.15, -0.1) is 24.8 Å². The molecule has 0 atom stereocenters. The van der Waals surface area contributed by atoms with E-state index in [1.165, 1.54) is 73.9 Å². The Hall–Kier alpha value is -1.38. The first-order chi connectivity index (χ1) is 14.7. The molecule has 0 radical (unpaired) electrons. The molecule has 0 aliphatic heterocycles. The molecule has 0 heterocycles. The molecule has 0 bridgehead atoms. The van der Waals surface area contributed by atoms with Gasteiger partial charge in [-0.3, -0.25) is 0 Å². The van der Waals surface area contributed by atoms with Crippen LogP contribution in [0.15, 0.2) is 48.5 Å². The number of rotatable bonds is 15. The Morgan fingerprint density at radius 1 is 0.438 bits per heavy atom. The highest BCUT2D eigenvalue weighted by Crippen LogP contribution is 2.26. The van der Waals surface area contributed by atoms with E-state index in [4.69, 9.17) is 0 Å². The van der Waals surface area contributed by atoms with Crippen molar-refractivity contribution in [1.82, 2.24) is 0 Å². The maximum atomic E-state index is 2.55. The predicted molar refractivity (Wildman–Crippen MR) is 150 cm³/mol. The lowest BCUT2D eigenvalue weighted by Crippen LogP contribution is -2.25. The van der Waals surface area contributed by atoms with Gasteiger partial charge < -0.3 is 9.80 Å². The third-order valence-corrected chi connectivity index (χ3v) is 5.92. The lowest BCUT2D eigenvalue weighted by molar-refractivity contribution is 0.678. The first kappa shape index (κ1) is 30.6. The molecule has 2 nitrogen and oxygen atoms in total. The molecule has 0 unspecified atom stereocenters. The highest BCUT2D eigenvalue weighted by atomic mass is 35.5. The fraction of sp³-hybridized carbons (Fsp3) is 0.571. The summed E-state index contributed by atoms with van der Waals surface area (Å²) in [4.78, 5) is 5.11. The molecular weight excluding hydrogens is 435 g/mol. The van der Waals surface area contributed by atoms with Crippen molar-refractivity contribution in [1.29, 1.82) is 0 Å². The molecule has 0 saturated heterocycles. The lowest BCUT2D eigenvalue weighted by atomic mass is 10.0. The van der Waals surface area contributed by atoms with Crippen LogP contribution in [0.3, 0.4) is 0 Å². The highest BCUT2D eigenvalue weighted by Gasteiger charge is 2.08. The van der Waals surface area contributed by atoms with Gasteiger partial charge in [0.2, 0.25) is 0 Å². The zero-order valence-electron chi connectivity index (χ0n) is 20.8. The molecule has 2 aromatic rings. The number of unbranched alkanes of at least 4 members (excludes halogenated alkanes) is 4. The molecular formula is C28H46Cl2N2. The molecule has 0 spiro atoms. The van der Waals surface area contributed by atoms with Crippen molar-refractivity contribution in [3.8, 4) is 11.1 Å². The van der Waals surface area contributed by atoms with Gasteiger partial charge in [0.25, 0.3) is 0 Å². The molecule has 0 N–H and O–H groups in total. The van der Waals surface area contributed by atoms with E-state index >= 15 is 0 Å². The Morgan fingerprint density at radius 2 is 0.688 bits per heavy atom. The molecule has 32 heavy (non-hydrogen) atoms. The van der Waals surface area contributed by atoms with Crippen LogP contribution in [0.1, 0.15) is 79.1 Å². The van der Waals surface area contributed by atoms with Crippen LogP contribution in [-0.4, -0.2) is 26.2 Å². The second-order valence-electron chi connectivity index (χ2n) is 8.48. The van der Waals surface area contributed by atoms with Gasteiger partial charge in [0, 0.05) is 37.6 Å². The molecule has 0 amide bonds. The number of hydrogen-bond donors (Lipinski definition) is 0. The van der Waals surface area contributed by atoms with E-state index < -0.39 is 0 Å². The van der Waals surface area contributed by atoms with E-state index in [-0.39, 0.29) is 24.8 Å². The first-order valence-corrected chi connectivity index (χ1v) is 12.4. The largest absolute Gasteiger partial charge is 0.372 e. The highest BCUT2D eigenvalue weighted by molar-refractivity contribution is 5.85. The molecule has 0 aromatic heterocycles. The standard InChI is InChI=1S/C28H44N2.2ClH/c1-5-9-21-29(22-10-6-2)27-17-13-25(14-18-27)26-15-19-28(20-16-26)30(23-11-7-3)24-12-8-4;;/h13-20H,5-12,21-24H2,1-4H3;2*1H. The van der Waals surface area contributed by atoms with Gasteiger partial charge in [-0.1, -0.05) is 77.6 Å². The number of anilines is 2. The minimum Gasteiger partial charge on any atom is -0.372 e. The van der Waals surface area contributed by atoms with E-state index in [1.54, 1.807) is 0 Å². The van der Waals surface area contributed by atoms with E-state index in [9.17, 15) is 0 Å². The van der Waals surface area contributed by atoms with Gasteiger partial charge in [-0.2, -0.15) is 0 Å². The fourth-order valence-electron chi connectivity index (χ4n) is 3.87. The number of nitrogens with zero attached hydrogens (tertiary/aromatic N) is 2. The van der Waals surface area contributed by atoms with Gasteiger partial charge in [0.1, 0.15) is 0 Å². The van der Waals surface area contributed by atoms with Crippen LogP contribution in [0, 0.1) is 0 Å². The summed E-state index contributed by atoms with van der Waals surface area (Å²) in [5.41, 5.74) is 5.35. The molecule has 2 rings (SSSR count). The Labute approximate surface area is 210 Å². The van der Waals surface area contributed by atoms with Crippen molar-refractivity contribution >= 4 is 36.2 Å². The zero-order chi connectivity index (χ0) is 21.6. The average Bonchev–Trinajstić information content (AvgIpc) is 2.80. The smallest absolute Gasteiger partial charge is 0.0366 e. The Balaban J connectivity index is 0.00000480. The van der Waals surface area contributed by atoms with E-state index in [0.717, 1.165) is 26.2 Å². The molecule has 2 aromatic carbocycles. The quantitative estimate of drug-likeness (QED) is 0.250. The van der Waals surface area contributed by atoms with Crippen molar-refractivity contribution in [3.63, 3.8) is 0 Å². The predicted octanol–water partition coefficient (Wildman–Crippen LogP) is 9.01. The normalized spacial score (nSPS) is 10.2. The summed E-state index contributed by atoms with van der Waals surface area (Å²) in [5, 5.41) is 0. The van der Waals surface area contributed by atoms with E-state index in [1.807, 2.05) is 0 Å². The van der Waals surface area contributed by atoms with E-state index in [2.05, 4.69) is 86.0 Å². The average molecular weight is 482 g/mol. The summed E-state index contributed by atoms with van der Waals surface area (Å²) in [6, 6.07) is 18.4. The minimum atomic E-state index is 0. The van der Waals surface area contributed by atoms with Crippen molar-refractivity contribution < 1.29 is 0 Å². The summed E-state index contributed by atoms with van der Waals surface area (Å²) in [6.45, 7) is 13.7. The van der Waals surface area contributed by atoms with Crippen LogP contribution in [0.5, 0.6) is 0 Å². The molecule has 0 fully saturated rings. The van der Waals surface area contributed by atoms with Crippen LogP contribution < -0.4 is 9.80 Å². The van der Waals surface area contributed by atoms with Crippen molar-refractivity contribution in [3.05, 3.63) is 48.5 Å². The Kier molecular flexibility index (Phi) is 17.3. The Morgan fingerprint density at radius 3 is 0.906 bits per heavy atom. The van der Waals surface area contributed by atoms with Crippen LogP contribution in [0.25, 0.3) is 11.1 Å². The zero-order valence-corrected chi connectivity index (χ0v) is 22.4. The van der Waals surface area contributed by atoms with Gasteiger partial charge in [0.15, 0.2) is 0 Å². The number of hydrogen-bond acceptors (Lipinski definition) is 2. The van der Waals surface area contributed by atoms with Gasteiger partial charge in [0.05, 0.1) is 0 Å². The number of halogens is 2. The maximum Gasteiger partial charge on any atom is 0.0366 e. The first-order valence-electron chi connectivity index (χ1n) is 12.4. The molecule has 0 saturated carbocycles. The van der Waals surface area contributed by atoms with Crippen molar-refractivity contribution in [2.75, 3.05) is 36.0 Å². The summed E-state index contributed by atoms with van der Waals surface area (Å²) >= 11 is 0. The SMILES string of the molecule is CCCCN(CCCC)c1ccc(-c2ccc(N(CCCC)CCCC)cc2)cc1.Cl.Cl. The fourth-order valence-corrected chi connectivity index (χ4v) is 3.87. The molecule has 0 aliphatic rings. The monoisotopic (exact) mass is 480 g/mol. The van der Waals surface area contributed by atoms with Crippen LogP contribution in [0.4, 0.5) is 11.4 Å². The van der Waals surface area contributed by atoms with Gasteiger partial charge in [-0.25, -0.2) is 0 Å². The second kappa shape index (κ2) is 18.1. The molecule has 182 valence electrons. The van der Waals surface area contributed by atoms with Crippen LogP contribution in [0.2, 0.25) is 0 Å². The molecule has 0 aliphatic carbocycles. The van der Waals surface area contributed by atoms with Gasteiger partial charge >= 0.3 is 0 Å². The molecule has 4 heteroatoms. The summed E-state index contributed by atoms with van der Waals surface area (Å²) in [7, 11) is 0. The van der Waals surface area contributed by atoms with E-state index in [0.29, 0.717) is 0 Å². The van der Waals surface area contributed by atoms with Crippen molar-refractivity contribution in [2.45, 2.75) is 79.1 Å². The second-order valence-corrected chi connectivity index (χ2v) is 8.48. The lowest BCUT2D eigenvalue weighted by Gasteiger charge is -2.25. The van der Waals surface area contributed by atoms with Gasteiger partial charge in [-0.05, 0) is 61.1 Å². The summed E-state index contributed by atoms with van der Waals surface area (Å²) in [5.74, 6) is 0. The third kappa shape index (κ3) is 10.0. The number of benzene rings is 2.